The monoisotopic (exact) mass is 272 g/mol. The van der Waals surface area contributed by atoms with Gasteiger partial charge in [0.2, 0.25) is 0 Å². The molecule has 0 aromatic rings. The molecular formula is C14H28N2O3. The molecule has 2 amide bonds. The third-order valence-electron chi connectivity index (χ3n) is 2.87. The highest BCUT2D eigenvalue weighted by atomic mass is 16.4. The molecule has 3 N–H and O–H groups in total. The lowest BCUT2D eigenvalue weighted by Gasteiger charge is -2.20. The van der Waals surface area contributed by atoms with Crippen molar-refractivity contribution < 1.29 is 14.7 Å². The van der Waals surface area contributed by atoms with E-state index in [0.29, 0.717) is 12.3 Å². The van der Waals surface area contributed by atoms with Gasteiger partial charge in [0.05, 0.1) is 0 Å². The molecule has 2 atom stereocenters. The second kappa shape index (κ2) is 8.77. The molecule has 112 valence electrons. The van der Waals surface area contributed by atoms with E-state index in [-0.39, 0.29) is 12.0 Å². The third kappa shape index (κ3) is 9.33. The van der Waals surface area contributed by atoms with Gasteiger partial charge in [0, 0.05) is 6.04 Å². The summed E-state index contributed by atoms with van der Waals surface area (Å²) in [5.41, 5.74) is 0. The van der Waals surface area contributed by atoms with E-state index in [9.17, 15) is 9.59 Å². The molecule has 0 aromatic carbocycles. The molecule has 0 fully saturated rings. The fourth-order valence-electron chi connectivity index (χ4n) is 1.77. The topological polar surface area (TPSA) is 78.4 Å². The van der Waals surface area contributed by atoms with Crippen LogP contribution in [0.4, 0.5) is 4.79 Å². The van der Waals surface area contributed by atoms with Crippen molar-refractivity contribution in [1.29, 1.82) is 0 Å². The molecule has 0 aliphatic heterocycles. The molecule has 5 nitrogen and oxygen atoms in total. The number of hydrogen-bond acceptors (Lipinski definition) is 2. The van der Waals surface area contributed by atoms with E-state index in [1.807, 2.05) is 20.8 Å². The van der Waals surface area contributed by atoms with Crippen LogP contribution in [0.5, 0.6) is 0 Å². The number of carboxylic acids is 1. The van der Waals surface area contributed by atoms with Gasteiger partial charge in [-0.25, -0.2) is 9.59 Å². The van der Waals surface area contributed by atoms with Crippen LogP contribution in [0.2, 0.25) is 0 Å². The Morgan fingerprint density at radius 1 is 0.947 bits per heavy atom. The number of carbonyl (C=O) groups excluding carboxylic acids is 1. The van der Waals surface area contributed by atoms with Crippen LogP contribution in [-0.2, 0) is 4.79 Å². The normalized spacial score (nSPS) is 14.3. The molecule has 1 unspecified atom stereocenters. The van der Waals surface area contributed by atoms with Gasteiger partial charge in [-0.3, -0.25) is 0 Å². The fourth-order valence-corrected chi connectivity index (χ4v) is 1.77. The standard InChI is InChI=1S/C14H28N2O3/c1-9(2)6-7-11(5)15-14(19)16-12(13(17)18)8-10(3)4/h9-12H,6-8H2,1-5H3,(H,17,18)(H2,15,16,19)/t11?,12-/m1/s1. The number of carbonyl (C=O) groups is 2. The smallest absolute Gasteiger partial charge is 0.326 e. The maximum absolute atomic E-state index is 11.7. The van der Waals surface area contributed by atoms with E-state index in [1.165, 1.54) is 0 Å². The summed E-state index contributed by atoms with van der Waals surface area (Å²) in [6, 6.07) is -1.17. The van der Waals surface area contributed by atoms with Crippen LogP contribution in [0.15, 0.2) is 0 Å². The average Bonchev–Trinajstić information content (AvgIpc) is 2.24. The highest BCUT2D eigenvalue weighted by Crippen LogP contribution is 2.07. The van der Waals surface area contributed by atoms with Crippen LogP contribution < -0.4 is 10.6 Å². The number of carboxylic acid groups (broad SMARTS) is 1. The van der Waals surface area contributed by atoms with E-state index in [4.69, 9.17) is 5.11 Å². The molecule has 0 spiro atoms. The minimum Gasteiger partial charge on any atom is -0.480 e. The first-order valence-corrected chi connectivity index (χ1v) is 7.02. The third-order valence-corrected chi connectivity index (χ3v) is 2.87. The average molecular weight is 272 g/mol. The Morgan fingerprint density at radius 3 is 1.95 bits per heavy atom. The molecule has 0 aliphatic carbocycles. The van der Waals surface area contributed by atoms with Crippen molar-refractivity contribution in [2.75, 3.05) is 0 Å². The van der Waals surface area contributed by atoms with Gasteiger partial charge in [-0.1, -0.05) is 27.7 Å². The Kier molecular flexibility index (Phi) is 8.19. The molecular weight excluding hydrogens is 244 g/mol. The van der Waals surface area contributed by atoms with Crippen molar-refractivity contribution in [2.45, 2.75) is 66.0 Å². The summed E-state index contributed by atoms with van der Waals surface area (Å²) in [6.07, 6.45) is 2.37. The zero-order chi connectivity index (χ0) is 15.0. The van der Waals surface area contributed by atoms with Crippen LogP contribution in [0.1, 0.15) is 53.9 Å². The molecule has 0 heterocycles. The SMILES string of the molecule is CC(C)CCC(C)NC(=O)N[C@H](CC(C)C)C(=O)O. The lowest BCUT2D eigenvalue weighted by Crippen LogP contribution is -2.48. The largest absolute Gasteiger partial charge is 0.480 e. The Morgan fingerprint density at radius 2 is 1.53 bits per heavy atom. The van der Waals surface area contributed by atoms with Gasteiger partial charge in [0.25, 0.3) is 0 Å². The van der Waals surface area contributed by atoms with E-state index in [0.717, 1.165) is 12.8 Å². The Bertz CT molecular complexity index is 290. The second-order valence-electron chi connectivity index (χ2n) is 6.01. The van der Waals surface area contributed by atoms with Crippen LogP contribution in [0.25, 0.3) is 0 Å². The Balaban J connectivity index is 4.15. The van der Waals surface area contributed by atoms with Crippen LogP contribution >= 0.6 is 0 Å². The highest BCUT2D eigenvalue weighted by molar-refractivity contribution is 5.82. The second-order valence-corrected chi connectivity index (χ2v) is 6.01. The molecule has 0 rings (SSSR count). The predicted octanol–water partition coefficient (Wildman–Crippen LogP) is 2.61. The zero-order valence-electron chi connectivity index (χ0n) is 12.7. The van der Waals surface area contributed by atoms with Crippen molar-refractivity contribution >= 4 is 12.0 Å². The number of rotatable bonds is 8. The molecule has 0 saturated heterocycles. The van der Waals surface area contributed by atoms with Gasteiger partial charge in [0.1, 0.15) is 6.04 Å². The first kappa shape index (κ1) is 17.7. The van der Waals surface area contributed by atoms with Gasteiger partial charge >= 0.3 is 12.0 Å². The summed E-state index contributed by atoms with van der Waals surface area (Å²) in [6.45, 7) is 10.1. The van der Waals surface area contributed by atoms with Crippen molar-refractivity contribution in [3.05, 3.63) is 0 Å². The van der Waals surface area contributed by atoms with Crippen molar-refractivity contribution in [3.63, 3.8) is 0 Å². The first-order valence-electron chi connectivity index (χ1n) is 7.02. The number of amides is 2. The minimum atomic E-state index is -0.987. The summed E-state index contributed by atoms with van der Waals surface area (Å²) in [7, 11) is 0. The summed E-state index contributed by atoms with van der Waals surface area (Å²) in [5, 5.41) is 14.3. The van der Waals surface area contributed by atoms with Crippen molar-refractivity contribution in [2.24, 2.45) is 11.8 Å². The number of nitrogens with one attached hydrogen (secondary N) is 2. The number of hydrogen-bond donors (Lipinski definition) is 3. The first-order chi connectivity index (χ1) is 8.72. The van der Waals surface area contributed by atoms with E-state index in [1.54, 1.807) is 0 Å². The van der Waals surface area contributed by atoms with Crippen molar-refractivity contribution in [1.82, 2.24) is 10.6 Å². The molecule has 5 heteroatoms. The summed E-state index contributed by atoms with van der Waals surface area (Å²) in [4.78, 5) is 22.7. The minimum absolute atomic E-state index is 0.0518. The summed E-state index contributed by atoms with van der Waals surface area (Å²) in [5.74, 6) is -0.168. The Labute approximate surface area is 116 Å². The fraction of sp³-hybridized carbons (Fsp3) is 0.857. The van der Waals surface area contributed by atoms with Gasteiger partial charge in [-0.05, 0) is 38.0 Å². The summed E-state index contributed by atoms with van der Waals surface area (Å²) < 4.78 is 0. The predicted molar refractivity (Wildman–Crippen MR) is 76.1 cm³/mol. The van der Waals surface area contributed by atoms with Crippen LogP contribution in [0.3, 0.4) is 0 Å². The quantitative estimate of drug-likeness (QED) is 0.635. The maximum Gasteiger partial charge on any atom is 0.326 e. The van der Waals surface area contributed by atoms with Gasteiger partial charge < -0.3 is 15.7 Å². The lowest BCUT2D eigenvalue weighted by molar-refractivity contribution is -0.139. The van der Waals surface area contributed by atoms with Crippen LogP contribution in [-0.4, -0.2) is 29.2 Å². The van der Waals surface area contributed by atoms with Gasteiger partial charge in [-0.15, -0.1) is 0 Å². The number of aliphatic carboxylic acids is 1. The molecule has 0 saturated carbocycles. The maximum atomic E-state index is 11.7. The Hall–Kier alpha value is -1.26. The van der Waals surface area contributed by atoms with Gasteiger partial charge in [0.15, 0.2) is 0 Å². The van der Waals surface area contributed by atoms with Crippen LogP contribution in [0, 0.1) is 11.8 Å². The molecule has 19 heavy (non-hydrogen) atoms. The van der Waals surface area contributed by atoms with E-state index in [2.05, 4.69) is 24.5 Å². The van der Waals surface area contributed by atoms with E-state index < -0.39 is 18.0 Å². The molecule has 0 bridgehead atoms. The van der Waals surface area contributed by atoms with Gasteiger partial charge in [-0.2, -0.15) is 0 Å². The van der Waals surface area contributed by atoms with Crippen molar-refractivity contribution in [3.8, 4) is 0 Å². The zero-order valence-corrected chi connectivity index (χ0v) is 12.7. The lowest BCUT2D eigenvalue weighted by atomic mass is 10.0. The molecule has 0 aromatic heterocycles. The van der Waals surface area contributed by atoms with E-state index >= 15 is 0 Å². The molecule has 0 aliphatic rings. The number of urea groups is 1. The summed E-state index contributed by atoms with van der Waals surface area (Å²) >= 11 is 0. The molecule has 0 radical (unpaired) electrons. The highest BCUT2D eigenvalue weighted by Gasteiger charge is 2.21.